The van der Waals surface area contributed by atoms with Crippen LogP contribution in [0.5, 0.6) is 0 Å². The lowest BCUT2D eigenvalue weighted by atomic mass is 10.1. The van der Waals surface area contributed by atoms with Crippen molar-refractivity contribution in [1.82, 2.24) is 4.90 Å². The van der Waals surface area contributed by atoms with E-state index in [0.717, 1.165) is 13.0 Å². The summed E-state index contributed by atoms with van der Waals surface area (Å²) in [7, 11) is 0. The molecule has 0 aromatic heterocycles. The number of anilines is 1. The maximum absolute atomic E-state index is 11.6. The molecule has 0 aliphatic carbocycles. The van der Waals surface area contributed by atoms with Crippen molar-refractivity contribution in [2.75, 3.05) is 18.4 Å². The maximum atomic E-state index is 11.6. The van der Waals surface area contributed by atoms with Crippen molar-refractivity contribution < 1.29 is 4.79 Å². The van der Waals surface area contributed by atoms with E-state index in [1.54, 1.807) is 18.2 Å². The van der Waals surface area contributed by atoms with Crippen LogP contribution in [0.1, 0.15) is 25.3 Å². The van der Waals surface area contributed by atoms with Crippen molar-refractivity contribution in [3.63, 3.8) is 0 Å². The Balaban J connectivity index is 2.08. The average molecular weight is 278 g/mol. The second-order valence-electron chi connectivity index (χ2n) is 4.60. The van der Waals surface area contributed by atoms with Crippen LogP contribution in [0, 0.1) is 11.3 Å². The summed E-state index contributed by atoms with van der Waals surface area (Å²) in [6.07, 6.45) is 1.41. The van der Waals surface area contributed by atoms with E-state index in [1.807, 2.05) is 11.8 Å². The van der Waals surface area contributed by atoms with Crippen LogP contribution < -0.4 is 5.32 Å². The number of nitrogens with zero attached hydrogens (tertiary/aromatic N) is 2. The van der Waals surface area contributed by atoms with Crippen molar-refractivity contribution in [2.24, 2.45) is 0 Å². The highest BCUT2D eigenvalue weighted by atomic mass is 35.5. The predicted molar refractivity (Wildman–Crippen MR) is 75.1 cm³/mol. The number of benzene rings is 1. The van der Waals surface area contributed by atoms with Gasteiger partial charge in [0.2, 0.25) is 5.91 Å². The van der Waals surface area contributed by atoms with Crippen LogP contribution in [0.3, 0.4) is 0 Å². The van der Waals surface area contributed by atoms with Crippen LogP contribution in [0.25, 0.3) is 0 Å². The number of para-hydroxylation sites is 1. The van der Waals surface area contributed by atoms with Crippen molar-refractivity contribution in [3.8, 4) is 6.07 Å². The Morgan fingerprint density at radius 2 is 2.42 bits per heavy atom. The van der Waals surface area contributed by atoms with Gasteiger partial charge in [0.15, 0.2) is 0 Å². The largest absolute Gasteiger partial charge is 0.378 e. The van der Waals surface area contributed by atoms with Gasteiger partial charge in [-0.2, -0.15) is 5.26 Å². The van der Waals surface area contributed by atoms with E-state index >= 15 is 0 Å². The molecular formula is C14H16ClN3O. The number of likely N-dealkylation sites (tertiary alicyclic amines) is 1. The Morgan fingerprint density at radius 3 is 3.11 bits per heavy atom. The van der Waals surface area contributed by atoms with Gasteiger partial charge in [-0.25, -0.2) is 0 Å². The molecule has 5 heteroatoms. The van der Waals surface area contributed by atoms with Crippen molar-refractivity contribution >= 4 is 23.2 Å². The predicted octanol–water partition coefficient (Wildman–Crippen LogP) is 2.63. The highest BCUT2D eigenvalue weighted by molar-refractivity contribution is 6.33. The molecule has 0 bridgehead atoms. The Morgan fingerprint density at radius 1 is 1.63 bits per heavy atom. The molecule has 1 amide bonds. The third-order valence-electron chi connectivity index (χ3n) is 3.33. The van der Waals surface area contributed by atoms with Crippen LogP contribution in [0.4, 0.5) is 5.69 Å². The number of nitrogens with one attached hydrogen (secondary N) is 1. The summed E-state index contributed by atoms with van der Waals surface area (Å²) in [4.78, 5) is 13.5. The minimum Gasteiger partial charge on any atom is -0.378 e. The SMILES string of the molecule is CCC(=O)N1CCC(Nc2c(Cl)cccc2C#N)C1. The maximum Gasteiger partial charge on any atom is 0.222 e. The molecule has 100 valence electrons. The lowest BCUT2D eigenvalue weighted by molar-refractivity contribution is -0.129. The summed E-state index contributed by atoms with van der Waals surface area (Å²) in [6.45, 7) is 3.30. The van der Waals surface area contributed by atoms with Gasteiger partial charge in [-0.05, 0) is 18.6 Å². The Bertz CT molecular complexity index is 524. The normalized spacial score (nSPS) is 18.2. The van der Waals surface area contributed by atoms with E-state index in [9.17, 15) is 4.79 Å². The zero-order valence-electron chi connectivity index (χ0n) is 10.8. The molecule has 1 unspecified atom stereocenters. The molecule has 1 aliphatic rings. The molecule has 1 aromatic rings. The van der Waals surface area contributed by atoms with Gasteiger partial charge in [-0.15, -0.1) is 0 Å². The molecule has 1 aromatic carbocycles. The van der Waals surface area contributed by atoms with Gasteiger partial charge in [-0.1, -0.05) is 24.6 Å². The summed E-state index contributed by atoms with van der Waals surface area (Å²) in [5, 5.41) is 12.9. The van der Waals surface area contributed by atoms with E-state index in [2.05, 4.69) is 11.4 Å². The number of hydrogen-bond acceptors (Lipinski definition) is 3. The van der Waals surface area contributed by atoms with E-state index < -0.39 is 0 Å². The first-order valence-corrected chi connectivity index (χ1v) is 6.76. The van der Waals surface area contributed by atoms with Gasteiger partial charge in [0.05, 0.1) is 16.3 Å². The summed E-state index contributed by atoms with van der Waals surface area (Å²) >= 11 is 6.12. The van der Waals surface area contributed by atoms with E-state index in [0.29, 0.717) is 29.2 Å². The molecule has 1 saturated heterocycles. The zero-order chi connectivity index (χ0) is 13.8. The van der Waals surface area contributed by atoms with Crippen LogP contribution in [0.15, 0.2) is 18.2 Å². The minimum atomic E-state index is 0.155. The number of nitriles is 1. The Hall–Kier alpha value is -1.73. The van der Waals surface area contributed by atoms with Gasteiger partial charge in [0.25, 0.3) is 0 Å². The standard InChI is InChI=1S/C14H16ClN3O/c1-2-13(19)18-7-6-11(9-18)17-14-10(8-16)4-3-5-12(14)15/h3-5,11,17H,2,6-7,9H2,1H3. The number of rotatable bonds is 3. The summed E-state index contributed by atoms with van der Waals surface area (Å²) in [5.74, 6) is 0.170. The summed E-state index contributed by atoms with van der Waals surface area (Å²) < 4.78 is 0. The lowest BCUT2D eigenvalue weighted by Gasteiger charge is -2.18. The van der Waals surface area contributed by atoms with E-state index in [1.165, 1.54) is 0 Å². The second kappa shape index (κ2) is 5.94. The number of amides is 1. The van der Waals surface area contributed by atoms with E-state index in [-0.39, 0.29) is 11.9 Å². The third kappa shape index (κ3) is 2.99. The highest BCUT2D eigenvalue weighted by Crippen LogP contribution is 2.27. The first-order valence-electron chi connectivity index (χ1n) is 6.38. The molecule has 4 nitrogen and oxygen atoms in total. The van der Waals surface area contributed by atoms with Crippen LogP contribution in [0.2, 0.25) is 5.02 Å². The monoisotopic (exact) mass is 277 g/mol. The van der Waals surface area contributed by atoms with Crippen molar-refractivity contribution in [2.45, 2.75) is 25.8 Å². The van der Waals surface area contributed by atoms with Gasteiger partial charge in [0, 0.05) is 25.6 Å². The molecule has 1 aliphatic heterocycles. The Kier molecular flexibility index (Phi) is 4.28. The molecule has 1 fully saturated rings. The fraction of sp³-hybridized carbons (Fsp3) is 0.429. The molecular weight excluding hydrogens is 262 g/mol. The van der Waals surface area contributed by atoms with Gasteiger partial charge < -0.3 is 10.2 Å². The molecule has 0 radical (unpaired) electrons. The molecule has 1 heterocycles. The summed E-state index contributed by atoms with van der Waals surface area (Å²) in [6, 6.07) is 7.53. The molecule has 1 atom stereocenters. The molecule has 19 heavy (non-hydrogen) atoms. The van der Waals surface area contributed by atoms with Crippen LogP contribution in [-0.4, -0.2) is 29.9 Å². The van der Waals surface area contributed by atoms with Crippen LogP contribution >= 0.6 is 11.6 Å². The highest BCUT2D eigenvalue weighted by Gasteiger charge is 2.26. The van der Waals surface area contributed by atoms with Gasteiger partial charge in [0.1, 0.15) is 6.07 Å². The third-order valence-corrected chi connectivity index (χ3v) is 3.64. The quantitative estimate of drug-likeness (QED) is 0.924. The number of halogens is 1. The molecule has 2 rings (SSSR count). The fourth-order valence-corrected chi connectivity index (χ4v) is 2.53. The minimum absolute atomic E-state index is 0.155. The topological polar surface area (TPSA) is 56.1 Å². The van der Waals surface area contributed by atoms with Gasteiger partial charge in [-0.3, -0.25) is 4.79 Å². The number of carbonyl (C=O) groups is 1. The first-order chi connectivity index (χ1) is 9.15. The molecule has 0 saturated carbocycles. The van der Waals surface area contributed by atoms with Crippen LogP contribution in [-0.2, 0) is 4.79 Å². The zero-order valence-corrected chi connectivity index (χ0v) is 11.6. The second-order valence-corrected chi connectivity index (χ2v) is 5.00. The Labute approximate surface area is 118 Å². The van der Waals surface area contributed by atoms with Gasteiger partial charge >= 0.3 is 0 Å². The molecule has 1 N–H and O–H groups in total. The molecule has 0 spiro atoms. The number of carbonyl (C=O) groups excluding carboxylic acids is 1. The first kappa shape index (κ1) is 13.7. The van der Waals surface area contributed by atoms with E-state index in [4.69, 9.17) is 16.9 Å². The van der Waals surface area contributed by atoms with Crippen molar-refractivity contribution in [1.29, 1.82) is 5.26 Å². The van der Waals surface area contributed by atoms with Crippen molar-refractivity contribution in [3.05, 3.63) is 28.8 Å². The summed E-state index contributed by atoms with van der Waals surface area (Å²) in [5.41, 5.74) is 1.20. The number of hydrogen-bond donors (Lipinski definition) is 1. The lowest BCUT2D eigenvalue weighted by Crippen LogP contribution is -2.31. The fourth-order valence-electron chi connectivity index (χ4n) is 2.30. The average Bonchev–Trinajstić information content (AvgIpc) is 2.88. The smallest absolute Gasteiger partial charge is 0.222 e.